The Morgan fingerprint density at radius 1 is 1.44 bits per heavy atom. The van der Waals surface area contributed by atoms with Gasteiger partial charge in [0.15, 0.2) is 0 Å². The molecule has 0 aromatic heterocycles. The third-order valence-electron chi connectivity index (χ3n) is 3.49. The lowest BCUT2D eigenvalue weighted by Crippen LogP contribution is -2.26. The molecule has 1 amide bonds. The van der Waals surface area contributed by atoms with Crippen LogP contribution in [0.1, 0.15) is 23.2 Å². The fourth-order valence-electron chi connectivity index (χ4n) is 2.05. The van der Waals surface area contributed by atoms with E-state index in [4.69, 9.17) is 4.74 Å². The number of anilines is 1. The van der Waals surface area contributed by atoms with Crippen molar-refractivity contribution in [1.82, 2.24) is 0 Å². The lowest BCUT2D eigenvalue weighted by molar-refractivity contribution is -0.121. The number of benzene rings is 1. The number of methoxy groups -OCH3 is 1. The number of carbonyl (C=O) groups is 2. The Morgan fingerprint density at radius 3 is 2.89 bits per heavy atom. The SMILES string of the molecule is COC(=O)c1ccc2c(c1)OCC1(CC1)C(=O)N2. The van der Waals surface area contributed by atoms with Gasteiger partial charge in [-0.05, 0) is 31.0 Å². The predicted molar refractivity (Wildman–Crippen MR) is 63.6 cm³/mol. The van der Waals surface area contributed by atoms with Gasteiger partial charge in [0, 0.05) is 0 Å². The first-order valence-electron chi connectivity index (χ1n) is 5.81. The predicted octanol–water partition coefficient (Wildman–Crippen LogP) is 1.58. The summed E-state index contributed by atoms with van der Waals surface area (Å²) in [4.78, 5) is 23.4. The molecule has 0 unspecified atom stereocenters. The van der Waals surface area contributed by atoms with Crippen LogP contribution >= 0.6 is 0 Å². The first-order chi connectivity index (χ1) is 8.64. The Labute approximate surface area is 104 Å². The average Bonchev–Trinajstić information content (AvgIpc) is 3.18. The van der Waals surface area contributed by atoms with Gasteiger partial charge in [-0.1, -0.05) is 0 Å². The summed E-state index contributed by atoms with van der Waals surface area (Å²) in [5.41, 5.74) is 0.665. The Kier molecular flexibility index (Phi) is 2.29. The maximum absolute atomic E-state index is 12.0. The van der Waals surface area contributed by atoms with Crippen molar-refractivity contribution in [1.29, 1.82) is 0 Å². The van der Waals surface area contributed by atoms with Crippen molar-refractivity contribution >= 4 is 17.6 Å². The molecule has 1 aliphatic carbocycles. The van der Waals surface area contributed by atoms with Gasteiger partial charge in [-0.3, -0.25) is 4.79 Å². The number of rotatable bonds is 1. The monoisotopic (exact) mass is 247 g/mol. The number of hydrogen-bond acceptors (Lipinski definition) is 4. The Hall–Kier alpha value is -2.04. The number of ether oxygens (including phenoxy) is 2. The van der Waals surface area contributed by atoms with Crippen LogP contribution in [0.15, 0.2) is 18.2 Å². The molecule has 1 aromatic carbocycles. The number of amides is 1. The van der Waals surface area contributed by atoms with Crippen LogP contribution in [0.5, 0.6) is 5.75 Å². The highest BCUT2D eigenvalue weighted by atomic mass is 16.5. The van der Waals surface area contributed by atoms with E-state index in [1.807, 2.05) is 0 Å². The zero-order chi connectivity index (χ0) is 12.8. The minimum atomic E-state index is -0.418. The Bertz CT molecular complexity index is 534. The maximum Gasteiger partial charge on any atom is 0.337 e. The molecule has 2 aliphatic rings. The number of hydrogen-bond donors (Lipinski definition) is 1. The molecule has 1 aromatic rings. The summed E-state index contributed by atoms with van der Waals surface area (Å²) in [6, 6.07) is 4.88. The van der Waals surface area contributed by atoms with E-state index in [0.717, 1.165) is 12.8 Å². The molecule has 1 saturated carbocycles. The number of fused-ring (bicyclic) bond motifs is 1. The normalized spacial score (nSPS) is 19.3. The van der Waals surface area contributed by atoms with Gasteiger partial charge in [0.05, 0.1) is 23.8 Å². The molecule has 1 N–H and O–H groups in total. The quantitative estimate of drug-likeness (QED) is 0.765. The Morgan fingerprint density at radius 2 is 2.22 bits per heavy atom. The van der Waals surface area contributed by atoms with E-state index in [9.17, 15) is 9.59 Å². The fraction of sp³-hybridized carbons (Fsp3) is 0.385. The first kappa shape index (κ1) is 11.1. The number of carbonyl (C=O) groups excluding carboxylic acids is 2. The highest BCUT2D eigenvalue weighted by molar-refractivity contribution is 6.00. The van der Waals surface area contributed by atoms with Crippen LogP contribution < -0.4 is 10.1 Å². The molecule has 1 heterocycles. The molecule has 94 valence electrons. The van der Waals surface area contributed by atoms with Gasteiger partial charge in [0.1, 0.15) is 12.4 Å². The van der Waals surface area contributed by atoms with Gasteiger partial charge < -0.3 is 14.8 Å². The lowest BCUT2D eigenvalue weighted by Gasteiger charge is -2.08. The average molecular weight is 247 g/mol. The summed E-state index contributed by atoms with van der Waals surface area (Å²) in [5, 5.41) is 2.84. The molecule has 0 bridgehead atoms. The summed E-state index contributed by atoms with van der Waals surface area (Å²) in [6.07, 6.45) is 1.72. The van der Waals surface area contributed by atoms with Gasteiger partial charge in [0.2, 0.25) is 5.91 Å². The van der Waals surface area contributed by atoms with Crippen LogP contribution in [0.25, 0.3) is 0 Å². The van der Waals surface area contributed by atoms with Gasteiger partial charge in [-0.15, -0.1) is 0 Å². The lowest BCUT2D eigenvalue weighted by atomic mass is 10.1. The summed E-state index contributed by atoms with van der Waals surface area (Å²) in [7, 11) is 1.33. The van der Waals surface area contributed by atoms with E-state index >= 15 is 0 Å². The second kappa shape index (κ2) is 3.73. The molecule has 1 spiro atoms. The zero-order valence-electron chi connectivity index (χ0n) is 9.99. The van der Waals surface area contributed by atoms with Crippen molar-refractivity contribution in [2.75, 3.05) is 19.0 Å². The molecule has 1 fully saturated rings. The third-order valence-corrected chi connectivity index (χ3v) is 3.49. The highest BCUT2D eigenvalue weighted by Gasteiger charge is 2.52. The van der Waals surface area contributed by atoms with Crippen molar-refractivity contribution in [3.63, 3.8) is 0 Å². The molecule has 1 aliphatic heterocycles. The summed E-state index contributed by atoms with van der Waals surface area (Å²) < 4.78 is 10.3. The van der Waals surface area contributed by atoms with Gasteiger partial charge in [0.25, 0.3) is 0 Å². The maximum atomic E-state index is 12.0. The standard InChI is InChI=1S/C13H13NO4/c1-17-11(15)8-2-3-9-10(6-8)18-7-13(4-5-13)12(16)14-9/h2-3,6H,4-5,7H2,1H3,(H,14,16). The van der Waals surface area contributed by atoms with Crippen molar-refractivity contribution in [2.24, 2.45) is 5.41 Å². The topological polar surface area (TPSA) is 64.6 Å². The fourth-order valence-corrected chi connectivity index (χ4v) is 2.05. The van der Waals surface area contributed by atoms with Crippen molar-refractivity contribution in [3.05, 3.63) is 23.8 Å². The van der Waals surface area contributed by atoms with E-state index in [0.29, 0.717) is 23.6 Å². The summed E-state index contributed by atoms with van der Waals surface area (Å²) in [6.45, 7) is 0.371. The highest BCUT2D eigenvalue weighted by Crippen LogP contribution is 2.49. The number of esters is 1. The second-order valence-electron chi connectivity index (χ2n) is 4.73. The Balaban J connectivity index is 1.94. The first-order valence-corrected chi connectivity index (χ1v) is 5.81. The van der Waals surface area contributed by atoms with Crippen LogP contribution in [-0.4, -0.2) is 25.6 Å². The van der Waals surface area contributed by atoms with E-state index in [-0.39, 0.29) is 11.3 Å². The van der Waals surface area contributed by atoms with Gasteiger partial charge in [-0.2, -0.15) is 0 Å². The van der Waals surface area contributed by atoms with Gasteiger partial charge >= 0.3 is 5.97 Å². The van der Waals surface area contributed by atoms with Crippen LogP contribution in [0, 0.1) is 5.41 Å². The van der Waals surface area contributed by atoms with Gasteiger partial charge in [-0.25, -0.2) is 4.79 Å². The van der Waals surface area contributed by atoms with Crippen molar-refractivity contribution in [2.45, 2.75) is 12.8 Å². The molecular formula is C13H13NO4. The summed E-state index contributed by atoms with van der Waals surface area (Å²) in [5.74, 6) is 0.111. The molecule has 0 atom stereocenters. The van der Waals surface area contributed by atoms with Crippen LogP contribution in [0.2, 0.25) is 0 Å². The second-order valence-corrected chi connectivity index (χ2v) is 4.73. The molecule has 0 saturated heterocycles. The molecule has 0 radical (unpaired) electrons. The number of nitrogens with one attached hydrogen (secondary N) is 1. The molecule has 3 rings (SSSR count). The zero-order valence-corrected chi connectivity index (χ0v) is 9.99. The van der Waals surface area contributed by atoms with E-state index < -0.39 is 5.97 Å². The summed E-state index contributed by atoms with van der Waals surface area (Å²) >= 11 is 0. The van der Waals surface area contributed by atoms with E-state index in [1.165, 1.54) is 7.11 Å². The molecule has 5 nitrogen and oxygen atoms in total. The van der Waals surface area contributed by atoms with Crippen LogP contribution in [-0.2, 0) is 9.53 Å². The third kappa shape index (κ3) is 1.63. The van der Waals surface area contributed by atoms with E-state index in [1.54, 1.807) is 18.2 Å². The molecule has 5 heteroatoms. The van der Waals surface area contributed by atoms with Crippen LogP contribution in [0.4, 0.5) is 5.69 Å². The minimum Gasteiger partial charge on any atom is -0.490 e. The van der Waals surface area contributed by atoms with Crippen molar-refractivity contribution < 1.29 is 19.1 Å². The van der Waals surface area contributed by atoms with E-state index in [2.05, 4.69) is 10.1 Å². The largest absolute Gasteiger partial charge is 0.490 e. The molecule has 18 heavy (non-hydrogen) atoms. The minimum absolute atomic E-state index is 0.00654. The van der Waals surface area contributed by atoms with Crippen LogP contribution in [0.3, 0.4) is 0 Å². The smallest absolute Gasteiger partial charge is 0.337 e. The van der Waals surface area contributed by atoms with Crippen molar-refractivity contribution in [3.8, 4) is 5.75 Å². The molecular weight excluding hydrogens is 234 g/mol.